The van der Waals surface area contributed by atoms with Gasteiger partial charge in [0.05, 0.1) is 18.1 Å². The maximum atomic E-state index is 12.1. The SMILES string of the molecule is CC1(C)O[C@H]2[C@H](CC(C(=O)O)[C@H]2NC(=O)OCc2ccccc2)O1. The van der Waals surface area contributed by atoms with Crippen molar-refractivity contribution in [2.45, 2.75) is 50.9 Å². The molecule has 24 heavy (non-hydrogen) atoms. The van der Waals surface area contributed by atoms with Crippen molar-refractivity contribution in [3.8, 4) is 0 Å². The molecule has 2 fully saturated rings. The van der Waals surface area contributed by atoms with E-state index in [9.17, 15) is 14.7 Å². The molecule has 7 nitrogen and oxygen atoms in total. The van der Waals surface area contributed by atoms with Crippen LogP contribution in [0.25, 0.3) is 0 Å². The Labute approximate surface area is 139 Å². The van der Waals surface area contributed by atoms with Crippen LogP contribution in [0.3, 0.4) is 0 Å². The molecule has 0 radical (unpaired) electrons. The summed E-state index contributed by atoms with van der Waals surface area (Å²) in [6.45, 7) is 3.66. The number of hydrogen-bond acceptors (Lipinski definition) is 5. The lowest BCUT2D eigenvalue weighted by atomic mass is 10.0. The van der Waals surface area contributed by atoms with E-state index in [0.29, 0.717) is 6.42 Å². The standard InChI is InChI=1S/C17H21NO6/c1-17(2)23-12-8-11(15(19)20)13(14(12)24-17)18-16(21)22-9-10-6-4-3-5-7-10/h3-7,11-14H,8-9H2,1-2H3,(H,18,21)(H,19,20)/t11?,12-,13+,14-/m0/s1. The van der Waals surface area contributed by atoms with Crippen molar-refractivity contribution in [3.05, 3.63) is 35.9 Å². The molecule has 0 spiro atoms. The summed E-state index contributed by atoms with van der Waals surface area (Å²) in [7, 11) is 0. The second-order valence-corrected chi connectivity index (χ2v) is 6.55. The third kappa shape index (κ3) is 3.52. The van der Waals surface area contributed by atoms with Crippen molar-refractivity contribution in [2.24, 2.45) is 5.92 Å². The van der Waals surface area contributed by atoms with E-state index in [1.165, 1.54) is 0 Å². The molecule has 0 aromatic heterocycles. The number of carbonyl (C=O) groups is 2. The van der Waals surface area contributed by atoms with Crippen molar-refractivity contribution in [1.29, 1.82) is 0 Å². The second-order valence-electron chi connectivity index (χ2n) is 6.55. The zero-order chi connectivity index (χ0) is 17.3. The minimum absolute atomic E-state index is 0.119. The lowest BCUT2D eigenvalue weighted by molar-refractivity contribution is -0.164. The van der Waals surface area contributed by atoms with Crippen LogP contribution in [0.5, 0.6) is 0 Å². The van der Waals surface area contributed by atoms with Gasteiger partial charge in [-0.25, -0.2) is 4.79 Å². The number of carboxylic acids is 1. The number of aliphatic carboxylic acids is 1. The quantitative estimate of drug-likeness (QED) is 0.873. The minimum atomic E-state index is -0.984. The number of rotatable bonds is 4. The second kappa shape index (κ2) is 6.41. The summed E-state index contributed by atoms with van der Waals surface area (Å²) in [5.41, 5.74) is 0.855. The van der Waals surface area contributed by atoms with Crippen LogP contribution in [0, 0.1) is 5.92 Å². The summed E-state index contributed by atoms with van der Waals surface area (Å²) in [6.07, 6.45) is -1.21. The maximum absolute atomic E-state index is 12.1. The van der Waals surface area contributed by atoms with Gasteiger partial charge in [-0.15, -0.1) is 0 Å². The van der Waals surface area contributed by atoms with Crippen molar-refractivity contribution in [2.75, 3.05) is 0 Å². The number of amides is 1. The summed E-state index contributed by atoms with van der Waals surface area (Å²) in [5, 5.41) is 12.0. The Bertz CT molecular complexity index is 617. The van der Waals surface area contributed by atoms with Crippen molar-refractivity contribution in [3.63, 3.8) is 0 Å². The highest BCUT2D eigenvalue weighted by Gasteiger charge is 2.56. The molecule has 1 aliphatic carbocycles. The highest BCUT2D eigenvalue weighted by Crippen LogP contribution is 2.41. The fraction of sp³-hybridized carbons (Fsp3) is 0.529. The summed E-state index contributed by atoms with van der Waals surface area (Å²) >= 11 is 0. The van der Waals surface area contributed by atoms with Crippen molar-refractivity contribution < 1.29 is 28.9 Å². The first-order valence-corrected chi connectivity index (χ1v) is 7.91. The van der Waals surface area contributed by atoms with E-state index in [1.54, 1.807) is 13.8 Å². The van der Waals surface area contributed by atoms with Crippen LogP contribution in [0.2, 0.25) is 0 Å². The van der Waals surface area contributed by atoms with E-state index in [4.69, 9.17) is 14.2 Å². The zero-order valence-electron chi connectivity index (χ0n) is 13.6. The lowest BCUT2D eigenvalue weighted by Gasteiger charge is -2.25. The summed E-state index contributed by atoms with van der Waals surface area (Å²) in [6, 6.07) is 8.58. The van der Waals surface area contributed by atoms with Crippen LogP contribution in [0.1, 0.15) is 25.8 Å². The molecule has 3 rings (SSSR count). The molecule has 1 aromatic carbocycles. The lowest BCUT2D eigenvalue weighted by Crippen LogP contribution is -2.48. The number of alkyl carbamates (subject to hydrolysis) is 1. The van der Waals surface area contributed by atoms with Gasteiger partial charge in [0.15, 0.2) is 5.79 Å². The fourth-order valence-electron chi connectivity index (χ4n) is 3.31. The average molecular weight is 335 g/mol. The number of carbonyl (C=O) groups excluding carboxylic acids is 1. The molecule has 4 atom stereocenters. The van der Waals surface area contributed by atoms with E-state index in [2.05, 4.69) is 5.32 Å². The number of carboxylic acid groups (broad SMARTS) is 1. The van der Waals surface area contributed by atoms with Crippen molar-refractivity contribution in [1.82, 2.24) is 5.32 Å². The Hall–Kier alpha value is -2.12. The molecule has 130 valence electrons. The van der Waals surface area contributed by atoms with Gasteiger partial charge in [-0.05, 0) is 25.8 Å². The first kappa shape index (κ1) is 16.7. The molecule has 2 aliphatic rings. The number of ether oxygens (including phenoxy) is 3. The van der Waals surface area contributed by atoms with Crippen LogP contribution < -0.4 is 5.32 Å². The van der Waals surface area contributed by atoms with Gasteiger partial charge < -0.3 is 24.6 Å². The van der Waals surface area contributed by atoms with Crippen molar-refractivity contribution >= 4 is 12.1 Å². The van der Waals surface area contributed by atoms with E-state index < -0.39 is 35.9 Å². The third-order valence-electron chi connectivity index (χ3n) is 4.31. The molecule has 2 N–H and O–H groups in total. The molecule has 1 heterocycles. The predicted molar refractivity (Wildman–Crippen MR) is 83.1 cm³/mol. The summed E-state index contributed by atoms with van der Waals surface area (Å²) in [4.78, 5) is 23.5. The highest BCUT2D eigenvalue weighted by molar-refractivity contribution is 5.74. The zero-order valence-corrected chi connectivity index (χ0v) is 13.6. The summed E-state index contributed by atoms with van der Waals surface area (Å²) < 4.78 is 16.7. The Morgan fingerprint density at radius 1 is 1.29 bits per heavy atom. The number of benzene rings is 1. The smallest absolute Gasteiger partial charge is 0.407 e. The average Bonchev–Trinajstić information content (AvgIpc) is 2.99. The summed E-state index contributed by atoms with van der Waals surface area (Å²) in [5.74, 6) is -2.53. The molecule has 1 amide bonds. The molecule has 1 unspecified atom stereocenters. The van der Waals surface area contributed by atoms with Crippen LogP contribution in [0.15, 0.2) is 30.3 Å². The first-order chi connectivity index (χ1) is 11.4. The molecular weight excluding hydrogens is 314 g/mol. The molecular formula is C17H21NO6. The maximum Gasteiger partial charge on any atom is 0.407 e. The van der Waals surface area contributed by atoms with E-state index >= 15 is 0 Å². The molecule has 1 saturated heterocycles. The van der Waals surface area contributed by atoms with Gasteiger partial charge in [0.2, 0.25) is 0 Å². The number of fused-ring (bicyclic) bond motifs is 1. The fourth-order valence-corrected chi connectivity index (χ4v) is 3.31. The van der Waals surface area contributed by atoms with E-state index in [0.717, 1.165) is 5.56 Å². The predicted octanol–water partition coefficient (Wildman–Crippen LogP) is 1.91. The third-order valence-corrected chi connectivity index (χ3v) is 4.31. The Morgan fingerprint density at radius 2 is 2.00 bits per heavy atom. The first-order valence-electron chi connectivity index (χ1n) is 7.91. The number of nitrogens with one attached hydrogen (secondary N) is 1. The van der Waals surface area contributed by atoms with Crippen LogP contribution in [-0.4, -0.2) is 41.2 Å². The Kier molecular flexibility index (Phi) is 4.47. The van der Waals surface area contributed by atoms with Gasteiger partial charge >= 0.3 is 12.1 Å². The highest BCUT2D eigenvalue weighted by atomic mass is 16.8. The van der Waals surface area contributed by atoms with E-state index in [-0.39, 0.29) is 12.7 Å². The Morgan fingerprint density at radius 3 is 2.67 bits per heavy atom. The Balaban J connectivity index is 1.62. The topological polar surface area (TPSA) is 94.1 Å². The molecule has 0 bridgehead atoms. The number of hydrogen-bond donors (Lipinski definition) is 2. The van der Waals surface area contributed by atoms with Gasteiger partial charge in [-0.1, -0.05) is 30.3 Å². The van der Waals surface area contributed by atoms with Gasteiger partial charge in [0.1, 0.15) is 12.7 Å². The van der Waals surface area contributed by atoms with Gasteiger partial charge in [-0.2, -0.15) is 0 Å². The molecule has 7 heteroatoms. The van der Waals surface area contributed by atoms with Crippen LogP contribution >= 0.6 is 0 Å². The monoisotopic (exact) mass is 335 g/mol. The van der Waals surface area contributed by atoms with Gasteiger partial charge in [0.25, 0.3) is 0 Å². The largest absolute Gasteiger partial charge is 0.481 e. The molecule has 1 aromatic rings. The molecule has 1 saturated carbocycles. The van der Waals surface area contributed by atoms with Gasteiger partial charge in [-0.3, -0.25) is 4.79 Å². The van der Waals surface area contributed by atoms with Crippen LogP contribution in [-0.2, 0) is 25.6 Å². The molecule has 1 aliphatic heterocycles. The van der Waals surface area contributed by atoms with Gasteiger partial charge in [0, 0.05) is 0 Å². The van der Waals surface area contributed by atoms with E-state index in [1.807, 2.05) is 30.3 Å². The van der Waals surface area contributed by atoms with Crippen LogP contribution in [0.4, 0.5) is 4.79 Å². The minimum Gasteiger partial charge on any atom is -0.481 e. The normalized spacial score (nSPS) is 30.6.